The smallest absolute Gasteiger partial charge is 0.326 e. The van der Waals surface area contributed by atoms with Crippen LogP contribution in [0, 0.1) is 13.8 Å². The second kappa shape index (κ2) is 8.74. The van der Waals surface area contributed by atoms with Crippen LogP contribution in [0.15, 0.2) is 42.5 Å². The maximum absolute atomic E-state index is 14.1. The Morgan fingerprint density at radius 1 is 1.18 bits per heavy atom. The molecule has 2 aromatic heterocycles. The largest absolute Gasteiger partial charge is 0.477 e. The average Bonchev–Trinajstić information content (AvgIpc) is 3.06. The molecule has 0 unspecified atom stereocenters. The third kappa shape index (κ3) is 4.36. The number of allylic oxidation sites excluding steroid dienone is 1. The van der Waals surface area contributed by atoms with E-state index < -0.39 is 11.9 Å². The van der Waals surface area contributed by atoms with E-state index in [2.05, 4.69) is 27.9 Å². The number of hydrogen-bond donors (Lipinski definition) is 1. The van der Waals surface area contributed by atoms with Gasteiger partial charge in [0.15, 0.2) is 0 Å². The van der Waals surface area contributed by atoms with Crippen LogP contribution in [0.25, 0.3) is 22.3 Å². The lowest BCUT2D eigenvalue weighted by Gasteiger charge is -2.22. The molecule has 3 heterocycles. The molecule has 0 radical (unpaired) electrons. The summed E-state index contributed by atoms with van der Waals surface area (Å²) < 4.78 is 45.5. The summed E-state index contributed by atoms with van der Waals surface area (Å²) in [6, 6.07) is 9.52. The van der Waals surface area contributed by atoms with Gasteiger partial charge >= 0.3 is 6.18 Å². The number of hydrogen-bond acceptors (Lipinski definition) is 3. The van der Waals surface area contributed by atoms with Gasteiger partial charge in [-0.3, -0.25) is 4.98 Å². The molecule has 0 atom stereocenters. The molecule has 0 fully saturated rings. The van der Waals surface area contributed by atoms with Crippen LogP contribution in [0.1, 0.15) is 42.3 Å². The standard InChI is InChI=1S/C26H29F3N5/c1-7-18-10-11-33(5)24(26(27,28)29)23(18)21-14-19(13-16(3)30-21)17(4)31-25-32-20-9-8-15(2)12-22(20)34(25)6/h8-9,12-14H,4,7,10-11H2,1-3,5-6H3,(H,31,32)/q+1. The first-order valence-corrected chi connectivity index (χ1v) is 11.3. The van der Waals surface area contributed by atoms with Crippen LogP contribution in [0.4, 0.5) is 19.1 Å². The highest BCUT2D eigenvalue weighted by Crippen LogP contribution is 2.35. The molecular formula is C26H29F3N5+. The summed E-state index contributed by atoms with van der Waals surface area (Å²) in [5.41, 5.74) is 5.41. The Kier molecular flexibility index (Phi) is 6.10. The maximum Gasteiger partial charge on any atom is 0.477 e. The summed E-state index contributed by atoms with van der Waals surface area (Å²) in [7, 11) is 3.40. The van der Waals surface area contributed by atoms with Crippen LogP contribution in [-0.4, -0.2) is 44.6 Å². The van der Waals surface area contributed by atoms with Crippen molar-refractivity contribution < 1.29 is 17.7 Å². The maximum atomic E-state index is 14.1. The first-order chi connectivity index (χ1) is 16.0. The fourth-order valence-corrected chi connectivity index (χ4v) is 4.50. The van der Waals surface area contributed by atoms with Crippen LogP contribution >= 0.6 is 0 Å². The predicted molar refractivity (Wildman–Crippen MR) is 131 cm³/mol. The molecule has 1 aliphatic heterocycles. The number of benzene rings is 1. The summed E-state index contributed by atoms with van der Waals surface area (Å²) in [6.45, 7) is 10.2. The Morgan fingerprint density at radius 2 is 1.91 bits per heavy atom. The van der Waals surface area contributed by atoms with E-state index in [9.17, 15) is 13.2 Å². The van der Waals surface area contributed by atoms with Crippen molar-refractivity contribution in [1.82, 2.24) is 14.5 Å². The number of imidazole rings is 1. The molecule has 0 spiro atoms. The van der Waals surface area contributed by atoms with E-state index in [0.29, 0.717) is 48.0 Å². The van der Waals surface area contributed by atoms with Gasteiger partial charge in [-0.15, -0.1) is 0 Å². The van der Waals surface area contributed by atoms with Crippen molar-refractivity contribution in [1.29, 1.82) is 0 Å². The van der Waals surface area contributed by atoms with Crippen LogP contribution in [0.3, 0.4) is 0 Å². The Bertz CT molecular complexity index is 1360. The molecule has 34 heavy (non-hydrogen) atoms. The normalized spacial score (nSPS) is 14.8. The average molecular weight is 469 g/mol. The summed E-state index contributed by atoms with van der Waals surface area (Å²) in [4.78, 5) is 9.15. The highest BCUT2D eigenvalue weighted by Gasteiger charge is 2.48. The summed E-state index contributed by atoms with van der Waals surface area (Å²) in [5, 5.41) is 3.24. The monoisotopic (exact) mass is 468 g/mol. The van der Waals surface area contributed by atoms with Gasteiger partial charge in [0.1, 0.15) is 13.6 Å². The molecule has 1 aliphatic rings. The van der Waals surface area contributed by atoms with Crippen LogP contribution in [0.5, 0.6) is 0 Å². The van der Waals surface area contributed by atoms with Crippen molar-refractivity contribution in [2.75, 3.05) is 18.9 Å². The Balaban J connectivity index is 1.76. The lowest BCUT2D eigenvalue weighted by molar-refractivity contribution is -0.504. The fourth-order valence-electron chi connectivity index (χ4n) is 4.50. The summed E-state index contributed by atoms with van der Waals surface area (Å²) in [6.07, 6.45) is -3.37. The molecule has 0 saturated carbocycles. The number of halogens is 3. The SMILES string of the molecule is C=C(Nc1nc2ccc(C)cc2n1C)c1cc(C)nc(C2=C(CC)CC[N+](C)=C2C(F)(F)F)c1. The molecular weight excluding hydrogens is 439 g/mol. The number of pyridine rings is 1. The Hall–Kier alpha value is -3.42. The fraction of sp³-hybridized carbons (Fsp3) is 0.346. The molecule has 0 amide bonds. The van der Waals surface area contributed by atoms with Crippen molar-refractivity contribution in [3.8, 4) is 0 Å². The van der Waals surface area contributed by atoms with Gasteiger partial charge in [0, 0.05) is 30.4 Å². The highest BCUT2D eigenvalue weighted by atomic mass is 19.4. The van der Waals surface area contributed by atoms with Gasteiger partial charge < -0.3 is 9.88 Å². The second-order valence-corrected chi connectivity index (χ2v) is 8.82. The van der Waals surface area contributed by atoms with E-state index in [1.807, 2.05) is 43.7 Å². The van der Waals surface area contributed by atoms with E-state index in [4.69, 9.17) is 0 Å². The number of nitrogens with one attached hydrogen (secondary N) is 1. The van der Waals surface area contributed by atoms with Gasteiger partial charge in [-0.1, -0.05) is 19.6 Å². The van der Waals surface area contributed by atoms with E-state index in [1.54, 1.807) is 13.0 Å². The zero-order valence-corrected chi connectivity index (χ0v) is 20.1. The van der Waals surface area contributed by atoms with Gasteiger partial charge in [0.25, 0.3) is 5.71 Å². The third-order valence-corrected chi connectivity index (χ3v) is 6.27. The lowest BCUT2D eigenvalue weighted by Crippen LogP contribution is -2.37. The lowest BCUT2D eigenvalue weighted by atomic mass is 9.91. The second-order valence-electron chi connectivity index (χ2n) is 8.82. The van der Waals surface area contributed by atoms with Crippen molar-refractivity contribution in [3.05, 3.63) is 65.0 Å². The zero-order valence-electron chi connectivity index (χ0n) is 20.1. The minimum Gasteiger partial charge on any atom is -0.326 e. The van der Waals surface area contributed by atoms with Gasteiger partial charge in [-0.25, -0.2) is 9.56 Å². The van der Waals surface area contributed by atoms with Crippen LogP contribution in [-0.2, 0) is 7.05 Å². The quantitative estimate of drug-likeness (QED) is 0.476. The van der Waals surface area contributed by atoms with E-state index in [1.165, 1.54) is 11.6 Å². The number of fused-ring (bicyclic) bond motifs is 1. The number of aromatic nitrogens is 3. The van der Waals surface area contributed by atoms with Gasteiger partial charge in [-0.05, 0) is 55.7 Å². The van der Waals surface area contributed by atoms with Gasteiger partial charge in [0.2, 0.25) is 5.95 Å². The molecule has 1 aromatic carbocycles. The summed E-state index contributed by atoms with van der Waals surface area (Å²) in [5.74, 6) is 0.607. The van der Waals surface area contributed by atoms with Gasteiger partial charge in [-0.2, -0.15) is 13.2 Å². The highest BCUT2D eigenvalue weighted by molar-refractivity contribution is 6.24. The van der Waals surface area contributed by atoms with E-state index >= 15 is 0 Å². The number of aryl methyl sites for hydroxylation is 3. The first kappa shape index (κ1) is 23.7. The number of nitrogens with zero attached hydrogens (tertiary/aromatic N) is 4. The Morgan fingerprint density at radius 3 is 2.59 bits per heavy atom. The first-order valence-electron chi connectivity index (χ1n) is 11.3. The number of rotatable bonds is 5. The van der Waals surface area contributed by atoms with Crippen molar-refractivity contribution in [3.63, 3.8) is 0 Å². The van der Waals surface area contributed by atoms with Crippen molar-refractivity contribution in [2.24, 2.45) is 7.05 Å². The van der Waals surface area contributed by atoms with Crippen LogP contribution in [0.2, 0.25) is 0 Å². The minimum atomic E-state index is -4.48. The molecule has 4 rings (SSSR count). The topological polar surface area (TPSA) is 45.8 Å². The minimum absolute atomic E-state index is 0.180. The summed E-state index contributed by atoms with van der Waals surface area (Å²) >= 11 is 0. The van der Waals surface area contributed by atoms with E-state index in [0.717, 1.165) is 22.2 Å². The number of anilines is 1. The Labute approximate surface area is 197 Å². The number of alkyl halides is 3. The van der Waals surface area contributed by atoms with Crippen molar-refractivity contribution in [2.45, 2.75) is 39.8 Å². The predicted octanol–water partition coefficient (Wildman–Crippen LogP) is 5.88. The molecule has 0 bridgehead atoms. The molecule has 8 heteroatoms. The molecule has 5 nitrogen and oxygen atoms in total. The third-order valence-electron chi connectivity index (χ3n) is 6.27. The molecule has 3 aromatic rings. The van der Waals surface area contributed by atoms with Crippen LogP contribution < -0.4 is 5.32 Å². The molecule has 1 N–H and O–H groups in total. The van der Waals surface area contributed by atoms with Crippen molar-refractivity contribution >= 4 is 34.0 Å². The van der Waals surface area contributed by atoms with E-state index in [-0.39, 0.29) is 5.57 Å². The van der Waals surface area contributed by atoms with Gasteiger partial charge in [0.05, 0.1) is 22.3 Å². The molecule has 0 aliphatic carbocycles. The molecule has 0 saturated heterocycles. The molecule has 178 valence electrons. The zero-order chi connectivity index (χ0) is 24.8.